The number of ether oxygens (including phenoxy) is 1. The number of amides is 2. The first-order valence-electron chi connectivity index (χ1n) is 9.86. The van der Waals surface area contributed by atoms with Gasteiger partial charge in [-0.1, -0.05) is 0 Å². The normalized spacial score (nSPS) is 21.5. The molecule has 29 heavy (non-hydrogen) atoms. The van der Waals surface area contributed by atoms with E-state index < -0.39 is 29.7 Å². The van der Waals surface area contributed by atoms with Crippen LogP contribution in [0.3, 0.4) is 0 Å². The molecular formula is C20H26F3N3O3. The van der Waals surface area contributed by atoms with Gasteiger partial charge in [0.05, 0.1) is 5.56 Å². The maximum atomic E-state index is 13.4. The molecule has 0 aromatic heterocycles. The SMILES string of the molecule is CN1CCCN(C(=O)c2cc(NC(=O)C3CCCCO3)cc(C(F)(F)F)c2)CC1. The van der Waals surface area contributed by atoms with Crippen LogP contribution in [0.1, 0.15) is 41.6 Å². The first-order chi connectivity index (χ1) is 13.7. The van der Waals surface area contributed by atoms with Crippen molar-refractivity contribution in [3.8, 4) is 0 Å². The Hall–Kier alpha value is -2.13. The second-order valence-corrected chi connectivity index (χ2v) is 7.59. The average molecular weight is 413 g/mol. The van der Waals surface area contributed by atoms with E-state index in [2.05, 4.69) is 10.2 Å². The Morgan fingerprint density at radius 3 is 2.55 bits per heavy atom. The van der Waals surface area contributed by atoms with Crippen molar-refractivity contribution >= 4 is 17.5 Å². The standard InChI is InChI=1S/C20H26F3N3O3/c1-25-6-4-7-26(9-8-25)19(28)14-11-15(20(21,22)23)13-16(12-14)24-18(27)17-5-2-3-10-29-17/h11-13,17H,2-10H2,1H3,(H,24,27). The number of hydrogen-bond acceptors (Lipinski definition) is 4. The summed E-state index contributed by atoms with van der Waals surface area (Å²) in [6.45, 7) is 2.87. The minimum atomic E-state index is -4.63. The van der Waals surface area contributed by atoms with Crippen LogP contribution < -0.4 is 5.32 Å². The number of carbonyl (C=O) groups is 2. The van der Waals surface area contributed by atoms with E-state index in [-0.39, 0.29) is 11.3 Å². The molecule has 3 rings (SSSR count). The number of benzene rings is 1. The summed E-state index contributed by atoms with van der Waals surface area (Å²) in [6, 6.07) is 3.02. The van der Waals surface area contributed by atoms with Crippen molar-refractivity contribution in [2.75, 3.05) is 45.2 Å². The van der Waals surface area contributed by atoms with Crippen LogP contribution in [0.15, 0.2) is 18.2 Å². The third-order valence-electron chi connectivity index (χ3n) is 5.25. The lowest BCUT2D eigenvalue weighted by Gasteiger charge is -2.23. The van der Waals surface area contributed by atoms with Gasteiger partial charge in [0.25, 0.3) is 11.8 Å². The maximum Gasteiger partial charge on any atom is 0.416 e. The van der Waals surface area contributed by atoms with Gasteiger partial charge in [-0.25, -0.2) is 0 Å². The van der Waals surface area contributed by atoms with E-state index in [0.717, 1.165) is 37.9 Å². The molecule has 1 aromatic carbocycles. The number of nitrogens with one attached hydrogen (secondary N) is 1. The van der Waals surface area contributed by atoms with Gasteiger partial charge in [0.15, 0.2) is 0 Å². The zero-order chi connectivity index (χ0) is 21.0. The number of nitrogens with zero attached hydrogens (tertiary/aromatic N) is 2. The molecule has 2 saturated heterocycles. The van der Waals surface area contributed by atoms with Crippen molar-refractivity contribution in [1.82, 2.24) is 9.80 Å². The summed E-state index contributed by atoms with van der Waals surface area (Å²) in [4.78, 5) is 28.9. The maximum absolute atomic E-state index is 13.4. The minimum Gasteiger partial charge on any atom is -0.368 e. The van der Waals surface area contributed by atoms with Gasteiger partial charge in [-0.05, 0) is 57.5 Å². The van der Waals surface area contributed by atoms with Gasteiger partial charge >= 0.3 is 6.18 Å². The van der Waals surface area contributed by atoms with Crippen LogP contribution in [0.5, 0.6) is 0 Å². The zero-order valence-corrected chi connectivity index (χ0v) is 16.4. The van der Waals surface area contributed by atoms with Crippen molar-refractivity contribution < 1.29 is 27.5 Å². The molecule has 2 aliphatic rings. The summed E-state index contributed by atoms with van der Waals surface area (Å²) in [5, 5.41) is 2.50. The molecule has 1 aromatic rings. The van der Waals surface area contributed by atoms with E-state index in [9.17, 15) is 22.8 Å². The monoisotopic (exact) mass is 413 g/mol. The van der Waals surface area contributed by atoms with Gasteiger partial charge in [-0.15, -0.1) is 0 Å². The predicted molar refractivity (Wildman–Crippen MR) is 102 cm³/mol. The summed E-state index contributed by atoms with van der Waals surface area (Å²) in [5.41, 5.74) is -1.09. The van der Waals surface area contributed by atoms with Crippen LogP contribution in [-0.4, -0.2) is 67.6 Å². The number of rotatable bonds is 3. The molecule has 2 heterocycles. The Balaban J connectivity index is 1.83. The van der Waals surface area contributed by atoms with Crippen LogP contribution in [0.4, 0.5) is 18.9 Å². The van der Waals surface area contributed by atoms with E-state index in [1.165, 1.54) is 6.07 Å². The van der Waals surface area contributed by atoms with E-state index >= 15 is 0 Å². The zero-order valence-electron chi connectivity index (χ0n) is 16.4. The highest BCUT2D eigenvalue weighted by atomic mass is 19.4. The summed E-state index contributed by atoms with van der Waals surface area (Å²) >= 11 is 0. The van der Waals surface area contributed by atoms with Crippen molar-refractivity contribution in [3.05, 3.63) is 29.3 Å². The number of alkyl halides is 3. The van der Waals surface area contributed by atoms with E-state index in [0.29, 0.717) is 32.7 Å². The fourth-order valence-corrected chi connectivity index (χ4v) is 3.59. The number of anilines is 1. The Bertz CT molecular complexity index is 748. The number of carbonyl (C=O) groups excluding carboxylic acids is 2. The van der Waals surface area contributed by atoms with Crippen molar-refractivity contribution in [3.63, 3.8) is 0 Å². The molecule has 0 spiro atoms. The highest BCUT2D eigenvalue weighted by Crippen LogP contribution is 2.32. The second-order valence-electron chi connectivity index (χ2n) is 7.59. The topological polar surface area (TPSA) is 61.9 Å². The third kappa shape index (κ3) is 5.70. The predicted octanol–water partition coefficient (Wildman–Crippen LogP) is 2.99. The van der Waals surface area contributed by atoms with Crippen molar-refractivity contribution in [2.45, 2.75) is 38.0 Å². The highest BCUT2D eigenvalue weighted by Gasteiger charge is 2.33. The molecule has 1 unspecified atom stereocenters. The molecule has 2 fully saturated rings. The largest absolute Gasteiger partial charge is 0.416 e. The molecule has 6 nitrogen and oxygen atoms in total. The Kier molecular flexibility index (Phi) is 6.79. The van der Waals surface area contributed by atoms with Crippen LogP contribution in [0.2, 0.25) is 0 Å². The fourth-order valence-electron chi connectivity index (χ4n) is 3.59. The molecule has 2 aliphatic heterocycles. The molecule has 2 amide bonds. The van der Waals surface area contributed by atoms with E-state index in [1.54, 1.807) is 4.90 Å². The first kappa shape index (κ1) is 21.6. The molecule has 160 valence electrons. The molecule has 9 heteroatoms. The fraction of sp³-hybridized carbons (Fsp3) is 0.600. The van der Waals surface area contributed by atoms with Crippen LogP contribution in [0.25, 0.3) is 0 Å². The Morgan fingerprint density at radius 1 is 1.07 bits per heavy atom. The van der Waals surface area contributed by atoms with E-state index in [4.69, 9.17) is 4.74 Å². The lowest BCUT2D eigenvalue weighted by molar-refractivity contribution is -0.137. The molecule has 0 radical (unpaired) electrons. The van der Waals surface area contributed by atoms with Crippen LogP contribution >= 0.6 is 0 Å². The Labute approximate surface area is 168 Å². The number of halogens is 3. The molecule has 1 N–H and O–H groups in total. The average Bonchev–Trinajstić information content (AvgIpc) is 2.91. The quantitative estimate of drug-likeness (QED) is 0.828. The number of likely N-dealkylation sites (N-methyl/N-ethyl adjacent to an activating group) is 1. The molecular weight excluding hydrogens is 387 g/mol. The second kappa shape index (κ2) is 9.13. The summed E-state index contributed by atoms with van der Waals surface area (Å²) in [6.07, 6.45) is -2.35. The van der Waals surface area contributed by atoms with Gasteiger partial charge in [-0.2, -0.15) is 13.2 Å². The van der Waals surface area contributed by atoms with Crippen LogP contribution in [0, 0.1) is 0 Å². The first-order valence-corrected chi connectivity index (χ1v) is 9.86. The van der Waals surface area contributed by atoms with Gasteiger partial charge < -0.3 is 19.9 Å². The summed E-state index contributed by atoms with van der Waals surface area (Å²) in [5.74, 6) is -0.949. The van der Waals surface area contributed by atoms with Crippen LogP contribution in [-0.2, 0) is 15.7 Å². The van der Waals surface area contributed by atoms with Gasteiger partial charge in [0, 0.05) is 37.5 Å². The lowest BCUT2D eigenvalue weighted by atomic mass is 10.1. The molecule has 0 saturated carbocycles. The molecule has 0 bridgehead atoms. The van der Waals surface area contributed by atoms with E-state index in [1.807, 2.05) is 7.05 Å². The van der Waals surface area contributed by atoms with Gasteiger partial charge in [0.1, 0.15) is 6.10 Å². The molecule has 0 aliphatic carbocycles. The smallest absolute Gasteiger partial charge is 0.368 e. The summed E-state index contributed by atoms with van der Waals surface area (Å²) in [7, 11) is 1.94. The number of hydrogen-bond donors (Lipinski definition) is 1. The lowest BCUT2D eigenvalue weighted by Crippen LogP contribution is -2.35. The third-order valence-corrected chi connectivity index (χ3v) is 5.25. The molecule has 1 atom stereocenters. The Morgan fingerprint density at radius 2 is 1.86 bits per heavy atom. The summed E-state index contributed by atoms with van der Waals surface area (Å²) < 4.78 is 45.6. The van der Waals surface area contributed by atoms with Crippen molar-refractivity contribution in [1.29, 1.82) is 0 Å². The minimum absolute atomic E-state index is 0.0470. The van der Waals surface area contributed by atoms with Gasteiger partial charge in [-0.3, -0.25) is 9.59 Å². The van der Waals surface area contributed by atoms with Crippen molar-refractivity contribution in [2.24, 2.45) is 0 Å². The highest BCUT2D eigenvalue weighted by molar-refractivity contribution is 5.98. The van der Waals surface area contributed by atoms with Gasteiger partial charge in [0.2, 0.25) is 0 Å².